The van der Waals surface area contributed by atoms with Gasteiger partial charge in [0.1, 0.15) is 5.75 Å². The van der Waals surface area contributed by atoms with Crippen LogP contribution in [0.25, 0.3) is 0 Å². The van der Waals surface area contributed by atoms with Crippen molar-refractivity contribution in [3.05, 3.63) is 24.3 Å². The van der Waals surface area contributed by atoms with E-state index >= 15 is 0 Å². The minimum absolute atomic E-state index is 0.189. The minimum atomic E-state index is -0.189. The summed E-state index contributed by atoms with van der Waals surface area (Å²) in [5, 5.41) is 5.80. The fraction of sp³-hybridized carbons (Fsp3) is 0.588. The van der Waals surface area contributed by atoms with Gasteiger partial charge in [-0.1, -0.05) is 32.8 Å². The van der Waals surface area contributed by atoms with Crippen LogP contribution in [0.3, 0.4) is 0 Å². The summed E-state index contributed by atoms with van der Waals surface area (Å²) in [4.78, 5) is 14.2. The van der Waals surface area contributed by atoms with Crippen LogP contribution < -0.4 is 15.4 Å². The Kier molecular flexibility index (Phi) is 7.74. The number of hydrogen-bond acceptors (Lipinski definition) is 3. The number of rotatable bonds is 8. The van der Waals surface area contributed by atoms with Crippen LogP contribution in [0.1, 0.15) is 26.7 Å². The predicted octanol–water partition coefficient (Wildman–Crippen LogP) is 3.18. The van der Waals surface area contributed by atoms with Crippen LogP contribution in [-0.2, 0) is 0 Å². The molecule has 0 fully saturated rings. The van der Waals surface area contributed by atoms with Gasteiger partial charge in [-0.3, -0.25) is 0 Å². The Bertz CT molecular complexity index is 459. The molecule has 1 aromatic rings. The third-order valence-electron chi connectivity index (χ3n) is 4.06. The SMILES string of the molecule is CCC(CC)[C@@H](CNC(=O)Nc1cccc(OC)c1)N(C)C. The van der Waals surface area contributed by atoms with Crippen molar-refractivity contribution in [1.82, 2.24) is 10.2 Å². The lowest BCUT2D eigenvalue weighted by molar-refractivity contribution is 0.193. The van der Waals surface area contributed by atoms with E-state index in [2.05, 4.69) is 43.5 Å². The van der Waals surface area contributed by atoms with Crippen LogP contribution in [0.4, 0.5) is 10.5 Å². The largest absolute Gasteiger partial charge is 0.497 e. The van der Waals surface area contributed by atoms with Crippen LogP contribution in [0.2, 0.25) is 0 Å². The van der Waals surface area contributed by atoms with Gasteiger partial charge in [0.15, 0.2) is 0 Å². The number of nitrogens with one attached hydrogen (secondary N) is 2. The first kappa shape index (κ1) is 18.3. The third kappa shape index (κ3) is 5.56. The van der Waals surface area contributed by atoms with E-state index in [9.17, 15) is 4.79 Å². The lowest BCUT2D eigenvalue weighted by Crippen LogP contribution is -2.45. The molecule has 2 amide bonds. The van der Waals surface area contributed by atoms with Crippen LogP contribution in [0.15, 0.2) is 24.3 Å². The molecule has 0 spiro atoms. The fourth-order valence-electron chi connectivity index (χ4n) is 2.68. The van der Waals surface area contributed by atoms with Gasteiger partial charge in [-0.2, -0.15) is 0 Å². The van der Waals surface area contributed by atoms with Gasteiger partial charge in [0.05, 0.1) is 7.11 Å². The van der Waals surface area contributed by atoms with E-state index in [4.69, 9.17) is 4.74 Å². The molecule has 0 saturated carbocycles. The fourth-order valence-corrected chi connectivity index (χ4v) is 2.68. The van der Waals surface area contributed by atoms with Crippen molar-refractivity contribution < 1.29 is 9.53 Å². The molecule has 1 rings (SSSR count). The molecule has 5 nitrogen and oxygen atoms in total. The second kappa shape index (κ2) is 9.30. The number of carbonyl (C=O) groups is 1. The highest BCUT2D eigenvalue weighted by molar-refractivity contribution is 5.89. The van der Waals surface area contributed by atoms with Crippen molar-refractivity contribution in [3.8, 4) is 5.75 Å². The maximum absolute atomic E-state index is 12.1. The molecule has 1 atom stereocenters. The lowest BCUT2D eigenvalue weighted by atomic mass is 9.93. The van der Waals surface area contributed by atoms with E-state index in [-0.39, 0.29) is 6.03 Å². The molecule has 0 aliphatic carbocycles. The number of nitrogens with zero attached hydrogens (tertiary/aromatic N) is 1. The molecular formula is C17H29N3O2. The van der Waals surface area contributed by atoms with Gasteiger partial charge in [-0.15, -0.1) is 0 Å². The molecule has 0 aromatic heterocycles. The van der Waals surface area contributed by atoms with E-state index in [1.54, 1.807) is 13.2 Å². The van der Waals surface area contributed by atoms with Gasteiger partial charge in [-0.05, 0) is 32.1 Å². The lowest BCUT2D eigenvalue weighted by Gasteiger charge is -2.31. The summed E-state index contributed by atoms with van der Waals surface area (Å²) in [6, 6.07) is 7.48. The van der Waals surface area contributed by atoms with Gasteiger partial charge in [-0.25, -0.2) is 4.79 Å². The molecule has 22 heavy (non-hydrogen) atoms. The highest BCUT2D eigenvalue weighted by atomic mass is 16.5. The molecule has 5 heteroatoms. The smallest absolute Gasteiger partial charge is 0.319 e. The zero-order chi connectivity index (χ0) is 16.5. The number of likely N-dealkylation sites (N-methyl/N-ethyl adjacent to an activating group) is 1. The Labute approximate surface area is 134 Å². The van der Waals surface area contributed by atoms with Gasteiger partial charge >= 0.3 is 6.03 Å². The molecule has 0 heterocycles. The Balaban J connectivity index is 2.56. The molecule has 0 saturated heterocycles. The number of urea groups is 1. The van der Waals surface area contributed by atoms with E-state index in [1.165, 1.54) is 0 Å². The standard InChI is InChI=1S/C17H29N3O2/c1-6-13(7-2)16(20(3)4)12-18-17(21)19-14-9-8-10-15(11-14)22-5/h8-11,13,16H,6-7,12H2,1-5H3,(H2,18,19,21)/t16-/m1/s1. The molecule has 0 unspecified atom stereocenters. The molecule has 2 N–H and O–H groups in total. The van der Waals surface area contributed by atoms with Crippen molar-refractivity contribution in [2.24, 2.45) is 5.92 Å². The number of amides is 2. The first-order chi connectivity index (χ1) is 10.5. The van der Waals surface area contributed by atoms with E-state index in [1.807, 2.05) is 18.2 Å². The Hall–Kier alpha value is -1.75. The predicted molar refractivity (Wildman–Crippen MR) is 91.6 cm³/mol. The monoisotopic (exact) mass is 307 g/mol. The molecule has 0 bridgehead atoms. The van der Waals surface area contributed by atoms with Crippen molar-refractivity contribution in [2.45, 2.75) is 32.7 Å². The number of methoxy groups -OCH3 is 1. The Morgan fingerprint density at radius 2 is 1.95 bits per heavy atom. The van der Waals surface area contributed by atoms with E-state index in [0.717, 1.165) is 24.3 Å². The molecule has 0 aliphatic heterocycles. The maximum atomic E-state index is 12.1. The summed E-state index contributed by atoms with van der Waals surface area (Å²) >= 11 is 0. The summed E-state index contributed by atoms with van der Waals surface area (Å²) in [7, 11) is 5.73. The number of anilines is 1. The maximum Gasteiger partial charge on any atom is 0.319 e. The second-order valence-corrected chi connectivity index (χ2v) is 5.67. The highest BCUT2D eigenvalue weighted by Crippen LogP contribution is 2.17. The number of hydrogen-bond donors (Lipinski definition) is 2. The summed E-state index contributed by atoms with van der Waals surface area (Å²) in [6.45, 7) is 5.02. The van der Waals surface area contributed by atoms with Gasteiger partial charge in [0, 0.05) is 24.3 Å². The van der Waals surface area contributed by atoms with Crippen molar-refractivity contribution in [3.63, 3.8) is 0 Å². The van der Waals surface area contributed by atoms with Crippen molar-refractivity contribution in [2.75, 3.05) is 33.1 Å². The Morgan fingerprint density at radius 1 is 1.27 bits per heavy atom. The van der Waals surface area contributed by atoms with Gasteiger partial charge < -0.3 is 20.3 Å². The Morgan fingerprint density at radius 3 is 2.50 bits per heavy atom. The highest BCUT2D eigenvalue weighted by Gasteiger charge is 2.21. The van der Waals surface area contributed by atoms with Gasteiger partial charge in [0.25, 0.3) is 0 Å². The molecule has 0 aliphatic rings. The van der Waals surface area contributed by atoms with Crippen molar-refractivity contribution >= 4 is 11.7 Å². The van der Waals surface area contributed by atoms with Crippen LogP contribution >= 0.6 is 0 Å². The van der Waals surface area contributed by atoms with Crippen LogP contribution in [0.5, 0.6) is 5.75 Å². The zero-order valence-corrected chi connectivity index (χ0v) is 14.3. The molecule has 1 aromatic carbocycles. The van der Waals surface area contributed by atoms with Crippen molar-refractivity contribution in [1.29, 1.82) is 0 Å². The first-order valence-corrected chi connectivity index (χ1v) is 7.87. The average Bonchev–Trinajstić information content (AvgIpc) is 2.51. The molecular weight excluding hydrogens is 278 g/mol. The summed E-state index contributed by atoms with van der Waals surface area (Å²) in [6.07, 6.45) is 2.22. The summed E-state index contributed by atoms with van der Waals surface area (Å²) < 4.78 is 5.15. The number of benzene rings is 1. The first-order valence-electron chi connectivity index (χ1n) is 7.87. The number of carbonyl (C=O) groups excluding carboxylic acids is 1. The molecule has 0 radical (unpaired) electrons. The minimum Gasteiger partial charge on any atom is -0.497 e. The van der Waals surface area contributed by atoms with E-state index in [0.29, 0.717) is 18.5 Å². The van der Waals surface area contributed by atoms with E-state index < -0.39 is 0 Å². The van der Waals surface area contributed by atoms with Crippen LogP contribution in [0, 0.1) is 5.92 Å². The normalized spacial score (nSPS) is 12.3. The third-order valence-corrected chi connectivity index (χ3v) is 4.06. The topological polar surface area (TPSA) is 53.6 Å². The molecule has 124 valence electrons. The summed E-state index contributed by atoms with van der Waals surface area (Å²) in [5.41, 5.74) is 0.723. The van der Waals surface area contributed by atoms with Gasteiger partial charge in [0.2, 0.25) is 0 Å². The zero-order valence-electron chi connectivity index (χ0n) is 14.3. The average molecular weight is 307 g/mol. The number of ether oxygens (including phenoxy) is 1. The van der Waals surface area contributed by atoms with Crippen LogP contribution in [-0.4, -0.2) is 44.7 Å². The quantitative estimate of drug-likeness (QED) is 0.775. The summed E-state index contributed by atoms with van der Waals surface area (Å²) in [5.74, 6) is 1.30. The second-order valence-electron chi connectivity index (χ2n) is 5.67.